The molecule has 0 fully saturated rings. The number of rotatable bonds is 5. The SMILES string of the molecule is CCn1c(C)cc(C(=O)NCc2nc(-c3ccccc3)no2)c1C. The summed E-state index contributed by atoms with van der Waals surface area (Å²) in [5.74, 6) is 0.762. The molecule has 6 heteroatoms. The smallest absolute Gasteiger partial charge is 0.253 e. The third kappa shape index (κ3) is 3.08. The first-order valence-electron chi connectivity index (χ1n) is 7.93. The number of carbonyl (C=O) groups excluding carboxylic acids is 1. The number of nitrogens with one attached hydrogen (secondary N) is 1. The summed E-state index contributed by atoms with van der Waals surface area (Å²) in [6, 6.07) is 11.5. The molecular formula is C18H20N4O2. The molecule has 0 unspecified atom stereocenters. The Morgan fingerprint density at radius 2 is 2.00 bits per heavy atom. The number of carbonyl (C=O) groups is 1. The lowest BCUT2D eigenvalue weighted by atomic mass is 10.2. The largest absolute Gasteiger partial charge is 0.349 e. The summed E-state index contributed by atoms with van der Waals surface area (Å²) in [5.41, 5.74) is 3.59. The molecule has 0 spiro atoms. The molecule has 1 aromatic carbocycles. The van der Waals surface area contributed by atoms with Gasteiger partial charge in [-0.25, -0.2) is 0 Å². The maximum Gasteiger partial charge on any atom is 0.253 e. The van der Waals surface area contributed by atoms with Crippen molar-refractivity contribution in [2.24, 2.45) is 0 Å². The van der Waals surface area contributed by atoms with Gasteiger partial charge in [0.15, 0.2) is 0 Å². The Hall–Kier alpha value is -2.89. The summed E-state index contributed by atoms with van der Waals surface area (Å²) in [6.07, 6.45) is 0. The zero-order valence-corrected chi connectivity index (χ0v) is 14.0. The Labute approximate surface area is 140 Å². The van der Waals surface area contributed by atoms with Crippen LogP contribution in [-0.4, -0.2) is 20.6 Å². The van der Waals surface area contributed by atoms with Crippen molar-refractivity contribution in [3.63, 3.8) is 0 Å². The Morgan fingerprint density at radius 3 is 2.67 bits per heavy atom. The highest BCUT2D eigenvalue weighted by Crippen LogP contribution is 2.16. The summed E-state index contributed by atoms with van der Waals surface area (Å²) < 4.78 is 7.31. The molecule has 6 nitrogen and oxygen atoms in total. The fraction of sp³-hybridized carbons (Fsp3) is 0.278. The summed E-state index contributed by atoms with van der Waals surface area (Å²) in [7, 11) is 0. The van der Waals surface area contributed by atoms with Crippen molar-refractivity contribution in [1.29, 1.82) is 0 Å². The van der Waals surface area contributed by atoms with E-state index in [1.807, 2.05) is 50.2 Å². The predicted molar refractivity (Wildman–Crippen MR) is 90.5 cm³/mol. The highest BCUT2D eigenvalue weighted by atomic mass is 16.5. The van der Waals surface area contributed by atoms with Gasteiger partial charge in [0, 0.05) is 23.5 Å². The highest BCUT2D eigenvalue weighted by Gasteiger charge is 2.16. The zero-order chi connectivity index (χ0) is 17.1. The van der Waals surface area contributed by atoms with Crippen molar-refractivity contribution in [2.45, 2.75) is 33.9 Å². The molecule has 3 aromatic rings. The second-order valence-corrected chi connectivity index (χ2v) is 5.59. The number of aromatic nitrogens is 3. The van der Waals surface area contributed by atoms with Gasteiger partial charge in [-0.1, -0.05) is 35.5 Å². The fourth-order valence-corrected chi connectivity index (χ4v) is 2.80. The van der Waals surface area contributed by atoms with Gasteiger partial charge in [-0.05, 0) is 26.8 Å². The molecule has 0 radical (unpaired) electrons. The van der Waals surface area contributed by atoms with Crippen LogP contribution in [0.25, 0.3) is 11.4 Å². The average Bonchev–Trinajstić information content (AvgIpc) is 3.18. The number of hydrogen-bond donors (Lipinski definition) is 1. The van der Waals surface area contributed by atoms with E-state index in [1.165, 1.54) is 0 Å². The Kier molecular flexibility index (Phi) is 4.46. The summed E-state index contributed by atoms with van der Waals surface area (Å²) in [6.45, 7) is 7.05. The number of aryl methyl sites for hydroxylation is 1. The third-order valence-corrected chi connectivity index (χ3v) is 4.03. The molecular weight excluding hydrogens is 304 g/mol. The number of hydrogen-bond acceptors (Lipinski definition) is 4. The van der Waals surface area contributed by atoms with Crippen molar-refractivity contribution in [1.82, 2.24) is 20.0 Å². The summed E-state index contributed by atoms with van der Waals surface area (Å²) in [4.78, 5) is 16.7. The molecule has 0 bridgehead atoms. The molecule has 0 aliphatic carbocycles. The van der Waals surface area contributed by atoms with Gasteiger partial charge in [-0.3, -0.25) is 4.79 Å². The molecule has 0 saturated heterocycles. The Bertz CT molecular complexity index is 849. The van der Waals surface area contributed by atoms with Crippen LogP contribution in [0.5, 0.6) is 0 Å². The van der Waals surface area contributed by atoms with Crippen molar-refractivity contribution >= 4 is 5.91 Å². The van der Waals surface area contributed by atoms with E-state index >= 15 is 0 Å². The van der Waals surface area contributed by atoms with Crippen LogP contribution in [0.2, 0.25) is 0 Å². The number of amides is 1. The Morgan fingerprint density at radius 1 is 1.25 bits per heavy atom. The van der Waals surface area contributed by atoms with Crippen LogP contribution in [0.15, 0.2) is 40.9 Å². The Balaban J connectivity index is 1.68. The lowest BCUT2D eigenvalue weighted by molar-refractivity contribution is 0.0945. The standard InChI is InChI=1S/C18H20N4O2/c1-4-22-12(2)10-15(13(22)3)18(23)19-11-16-20-17(21-24-16)14-8-6-5-7-9-14/h5-10H,4,11H2,1-3H3,(H,19,23). The molecule has 24 heavy (non-hydrogen) atoms. The molecule has 0 aliphatic rings. The summed E-state index contributed by atoms with van der Waals surface area (Å²) >= 11 is 0. The molecule has 124 valence electrons. The number of benzene rings is 1. The van der Waals surface area contributed by atoms with Crippen molar-refractivity contribution in [2.75, 3.05) is 0 Å². The van der Waals surface area contributed by atoms with Crippen LogP contribution in [0.4, 0.5) is 0 Å². The van der Waals surface area contributed by atoms with E-state index in [9.17, 15) is 4.79 Å². The van der Waals surface area contributed by atoms with Crippen molar-refractivity contribution in [3.05, 3.63) is 59.2 Å². The van der Waals surface area contributed by atoms with Gasteiger partial charge < -0.3 is 14.4 Å². The van der Waals surface area contributed by atoms with E-state index < -0.39 is 0 Å². The van der Waals surface area contributed by atoms with Crippen LogP contribution in [0.1, 0.15) is 34.6 Å². The molecule has 1 N–H and O–H groups in total. The van der Waals surface area contributed by atoms with Crippen molar-refractivity contribution < 1.29 is 9.32 Å². The van der Waals surface area contributed by atoms with Gasteiger partial charge in [0.25, 0.3) is 5.91 Å². The third-order valence-electron chi connectivity index (χ3n) is 4.03. The minimum atomic E-state index is -0.137. The molecule has 3 rings (SSSR count). The van der Waals surface area contributed by atoms with E-state index in [0.29, 0.717) is 17.3 Å². The van der Waals surface area contributed by atoms with E-state index in [-0.39, 0.29) is 12.5 Å². The second-order valence-electron chi connectivity index (χ2n) is 5.59. The van der Waals surface area contributed by atoms with Crippen LogP contribution in [0.3, 0.4) is 0 Å². The monoisotopic (exact) mass is 324 g/mol. The van der Waals surface area contributed by atoms with Crippen LogP contribution in [-0.2, 0) is 13.1 Å². The fourth-order valence-electron chi connectivity index (χ4n) is 2.80. The first-order chi connectivity index (χ1) is 11.6. The van der Waals surface area contributed by atoms with Crippen LogP contribution in [0, 0.1) is 13.8 Å². The molecule has 2 aromatic heterocycles. The van der Waals surface area contributed by atoms with Gasteiger partial charge in [0.1, 0.15) is 0 Å². The quantitative estimate of drug-likeness (QED) is 0.782. The van der Waals surface area contributed by atoms with E-state index in [2.05, 4.69) is 26.9 Å². The molecule has 2 heterocycles. The molecule has 0 aliphatic heterocycles. The van der Waals surface area contributed by atoms with E-state index in [1.54, 1.807) is 0 Å². The lowest BCUT2D eigenvalue weighted by Gasteiger charge is -2.06. The van der Waals surface area contributed by atoms with Gasteiger partial charge in [-0.2, -0.15) is 4.98 Å². The maximum atomic E-state index is 12.4. The summed E-state index contributed by atoms with van der Waals surface area (Å²) in [5, 5.41) is 6.78. The number of nitrogens with zero attached hydrogens (tertiary/aromatic N) is 3. The minimum Gasteiger partial charge on any atom is -0.349 e. The van der Waals surface area contributed by atoms with Crippen LogP contribution < -0.4 is 5.32 Å². The topological polar surface area (TPSA) is 73.0 Å². The van der Waals surface area contributed by atoms with Crippen molar-refractivity contribution in [3.8, 4) is 11.4 Å². The maximum absolute atomic E-state index is 12.4. The normalized spacial score (nSPS) is 10.8. The van der Waals surface area contributed by atoms with Gasteiger partial charge in [0.05, 0.1) is 12.1 Å². The average molecular weight is 324 g/mol. The first-order valence-corrected chi connectivity index (χ1v) is 7.93. The van der Waals surface area contributed by atoms with Gasteiger partial charge in [-0.15, -0.1) is 0 Å². The zero-order valence-electron chi connectivity index (χ0n) is 14.0. The minimum absolute atomic E-state index is 0.137. The molecule has 1 amide bonds. The predicted octanol–water partition coefficient (Wildman–Crippen LogP) is 3.10. The second kappa shape index (κ2) is 6.70. The highest BCUT2D eigenvalue weighted by molar-refractivity contribution is 5.95. The molecule has 0 atom stereocenters. The molecule has 0 saturated carbocycles. The van der Waals surface area contributed by atoms with E-state index in [0.717, 1.165) is 23.5 Å². The van der Waals surface area contributed by atoms with Crippen LogP contribution >= 0.6 is 0 Å². The van der Waals surface area contributed by atoms with Gasteiger partial charge >= 0.3 is 0 Å². The first kappa shape index (κ1) is 16.0. The van der Waals surface area contributed by atoms with E-state index in [4.69, 9.17) is 4.52 Å². The lowest BCUT2D eigenvalue weighted by Crippen LogP contribution is -2.23. The van der Waals surface area contributed by atoms with Gasteiger partial charge in [0.2, 0.25) is 11.7 Å².